The number of amides is 1. The molecular formula is C27H23Cl2FN6O4S2. The van der Waals surface area contributed by atoms with Gasteiger partial charge in [-0.1, -0.05) is 47.5 Å². The quantitative estimate of drug-likeness (QED) is 0.215. The molecule has 10 nitrogen and oxygen atoms in total. The maximum absolute atomic E-state index is 14.3. The van der Waals surface area contributed by atoms with Gasteiger partial charge in [0.25, 0.3) is 16.0 Å². The third-order valence-corrected chi connectivity index (χ3v) is 8.86. The fourth-order valence-corrected chi connectivity index (χ4v) is 6.44. The molecule has 0 fully saturated rings. The average molecular weight is 650 g/mol. The Morgan fingerprint density at radius 2 is 2.05 bits per heavy atom. The van der Waals surface area contributed by atoms with E-state index in [2.05, 4.69) is 15.3 Å². The van der Waals surface area contributed by atoms with Crippen LogP contribution in [0.5, 0.6) is 0 Å². The molecule has 4 heterocycles. The van der Waals surface area contributed by atoms with Gasteiger partial charge in [-0.3, -0.25) is 19.0 Å². The van der Waals surface area contributed by atoms with Gasteiger partial charge in [-0.05, 0) is 23.6 Å². The second-order valence-corrected chi connectivity index (χ2v) is 13.1. The van der Waals surface area contributed by atoms with E-state index in [1.807, 2.05) is 24.3 Å². The van der Waals surface area contributed by atoms with E-state index >= 15 is 0 Å². The highest BCUT2D eigenvalue weighted by atomic mass is 35.5. The lowest BCUT2D eigenvalue weighted by Crippen LogP contribution is -2.28. The van der Waals surface area contributed by atoms with Crippen molar-refractivity contribution in [1.82, 2.24) is 24.3 Å². The number of halogens is 3. The Morgan fingerprint density at radius 1 is 1.26 bits per heavy atom. The van der Waals surface area contributed by atoms with Crippen LogP contribution in [-0.4, -0.2) is 57.7 Å². The monoisotopic (exact) mass is 648 g/mol. The molecule has 2 atom stereocenters. The molecule has 1 aliphatic heterocycles. The Kier molecular flexibility index (Phi) is 7.79. The Morgan fingerprint density at radius 3 is 2.76 bits per heavy atom. The summed E-state index contributed by atoms with van der Waals surface area (Å²) in [5, 5.41) is 10.9. The third-order valence-electron chi connectivity index (χ3n) is 6.88. The molecule has 0 spiro atoms. The molecular weight excluding hydrogens is 626 g/mol. The number of nitrogens with one attached hydrogen (secondary N) is 1. The van der Waals surface area contributed by atoms with Gasteiger partial charge in [-0.15, -0.1) is 11.3 Å². The third kappa shape index (κ3) is 5.79. The number of fused-ring (bicyclic) bond motifs is 2. The molecule has 6 rings (SSSR count). The molecule has 0 aliphatic carbocycles. The van der Waals surface area contributed by atoms with Crippen molar-refractivity contribution in [3.8, 4) is 11.1 Å². The number of benzene rings is 2. The molecule has 5 aromatic rings. The lowest BCUT2D eigenvalue weighted by molar-refractivity contribution is -0.118. The predicted molar refractivity (Wildman–Crippen MR) is 159 cm³/mol. The molecule has 1 N–H and O–H groups in total. The SMILES string of the molecule is CS(=O)(=O)OCCc1ccc(-c2cc(Cl)c3cn(C(C(=O)Nc4nccs4)c4ncn5c4C[C@@H](F)C5)nc3c2Cl)cc1. The number of hydrogen-bond donors (Lipinski definition) is 1. The minimum absolute atomic E-state index is 0.0391. The molecule has 2 aromatic carbocycles. The van der Waals surface area contributed by atoms with Gasteiger partial charge in [0, 0.05) is 40.8 Å². The molecule has 218 valence electrons. The minimum atomic E-state index is -3.51. The highest BCUT2D eigenvalue weighted by molar-refractivity contribution is 7.85. The highest BCUT2D eigenvalue weighted by Crippen LogP contribution is 2.39. The number of thiazole rings is 1. The van der Waals surface area contributed by atoms with Crippen LogP contribution < -0.4 is 5.32 Å². The van der Waals surface area contributed by atoms with E-state index in [1.165, 1.54) is 22.3 Å². The van der Waals surface area contributed by atoms with E-state index in [9.17, 15) is 17.6 Å². The Balaban J connectivity index is 1.36. The first-order valence-electron chi connectivity index (χ1n) is 12.8. The molecule has 1 aliphatic rings. The maximum atomic E-state index is 14.3. The van der Waals surface area contributed by atoms with E-state index in [0.29, 0.717) is 49.5 Å². The summed E-state index contributed by atoms with van der Waals surface area (Å²) < 4.78 is 44.7. The van der Waals surface area contributed by atoms with Crippen LogP contribution in [0.1, 0.15) is 23.0 Å². The minimum Gasteiger partial charge on any atom is -0.331 e. The Hall–Kier alpha value is -3.36. The number of aromatic nitrogens is 5. The number of carbonyl (C=O) groups excluding carboxylic acids is 1. The highest BCUT2D eigenvalue weighted by Gasteiger charge is 2.34. The van der Waals surface area contributed by atoms with Gasteiger partial charge in [0.1, 0.15) is 11.7 Å². The molecule has 42 heavy (non-hydrogen) atoms. The first-order valence-corrected chi connectivity index (χ1v) is 16.2. The van der Waals surface area contributed by atoms with E-state index in [4.69, 9.17) is 32.5 Å². The standard InChI is InChI=1S/C27H23Cl2FN6O4S2/c1-42(38,39)40-8-6-15-2-4-16(5-3-15)18-11-20(28)19-13-36(34-23(19)22(18)29)25(26(37)33-27-31-7-9-41-27)24-21-10-17(30)12-35(21)14-32-24/h2-5,7,9,11,13-14,17,25H,6,8,10,12H2,1H3,(H,31,33,37)/t17-,25?/m1/s1. The fourth-order valence-electron chi connectivity index (χ4n) is 4.98. The lowest BCUT2D eigenvalue weighted by atomic mass is 10.0. The van der Waals surface area contributed by atoms with E-state index in [-0.39, 0.29) is 19.6 Å². The van der Waals surface area contributed by atoms with Crippen molar-refractivity contribution in [3.63, 3.8) is 0 Å². The first-order chi connectivity index (χ1) is 20.1. The molecule has 0 saturated heterocycles. The lowest BCUT2D eigenvalue weighted by Gasteiger charge is -2.16. The summed E-state index contributed by atoms with van der Waals surface area (Å²) in [5.41, 5.74) is 3.68. The number of alkyl halides is 1. The zero-order valence-corrected chi connectivity index (χ0v) is 25.1. The molecule has 1 unspecified atom stereocenters. The zero-order chi connectivity index (χ0) is 29.6. The summed E-state index contributed by atoms with van der Waals surface area (Å²) in [6.45, 7) is 0.214. The number of anilines is 1. The van der Waals surface area contributed by atoms with Crippen molar-refractivity contribution in [3.05, 3.63) is 81.4 Å². The van der Waals surface area contributed by atoms with Gasteiger partial charge in [-0.2, -0.15) is 13.5 Å². The molecule has 3 aromatic heterocycles. The topological polar surface area (TPSA) is 121 Å². The normalized spacial score (nSPS) is 15.7. The van der Waals surface area contributed by atoms with Crippen molar-refractivity contribution in [2.45, 2.75) is 31.6 Å². The fraction of sp³-hybridized carbons (Fsp3) is 0.259. The number of rotatable bonds is 9. The van der Waals surface area contributed by atoms with Crippen LogP contribution in [-0.2, 0) is 38.5 Å². The van der Waals surface area contributed by atoms with Crippen LogP contribution in [0.25, 0.3) is 22.0 Å². The van der Waals surface area contributed by atoms with Crippen LogP contribution in [0.4, 0.5) is 9.52 Å². The summed E-state index contributed by atoms with van der Waals surface area (Å²) in [7, 11) is -3.51. The van der Waals surface area contributed by atoms with Crippen LogP contribution in [0.15, 0.2) is 54.4 Å². The van der Waals surface area contributed by atoms with Crippen LogP contribution in [0, 0.1) is 0 Å². The summed E-state index contributed by atoms with van der Waals surface area (Å²) >= 11 is 14.9. The van der Waals surface area contributed by atoms with E-state index in [0.717, 1.165) is 17.4 Å². The number of hydrogen-bond acceptors (Lipinski definition) is 8. The van der Waals surface area contributed by atoms with Gasteiger partial charge in [0.05, 0.1) is 41.5 Å². The largest absolute Gasteiger partial charge is 0.331 e. The van der Waals surface area contributed by atoms with Crippen molar-refractivity contribution in [2.24, 2.45) is 0 Å². The zero-order valence-electron chi connectivity index (χ0n) is 22.0. The summed E-state index contributed by atoms with van der Waals surface area (Å²) in [6.07, 6.45) is 5.25. The summed E-state index contributed by atoms with van der Waals surface area (Å²) in [4.78, 5) is 22.2. The molecule has 1 amide bonds. The second kappa shape index (κ2) is 11.4. The van der Waals surface area contributed by atoms with E-state index in [1.54, 1.807) is 28.4 Å². The molecule has 15 heteroatoms. The van der Waals surface area contributed by atoms with Gasteiger partial charge >= 0.3 is 0 Å². The van der Waals surface area contributed by atoms with Crippen LogP contribution in [0.2, 0.25) is 10.0 Å². The van der Waals surface area contributed by atoms with Crippen molar-refractivity contribution >= 4 is 66.6 Å². The van der Waals surface area contributed by atoms with E-state index < -0.39 is 28.2 Å². The van der Waals surface area contributed by atoms with Crippen molar-refractivity contribution in [2.75, 3.05) is 18.2 Å². The first kappa shape index (κ1) is 28.7. The Bertz CT molecular complexity index is 1890. The Labute approximate surface area is 254 Å². The van der Waals surface area contributed by atoms with Gasteiger partial charge in [0.15, 0.2) is 11.2 Å². The number of imidazole rings is 1. The van der Waals surface area contributed by atoms with Crippen LogP contribution in [0.3, 0.4) is 0 Å². The molecule has 0 radical (unpaired) electrons. The average Bonchev–Trinajstić information content (AvgIpc) is 3.73. The van der Waals surface area contributed by atoms with Gasteiger partial charge in [0.2, 0.25) is 0 Å². The predicted octanol–water partition coefficient (Wildman–Crippen LogP) is 5.30. The molecule has 0 saturated carbocycles. The number of nitrogens with zero attached hydrogens (tertiary/aromatic N) is 5. The smallest absolute Gasteiger partial charge is 0.264 e. The summed E-state index contributed by atoms with van der Waals surface area (Å²) in [5.74, 6) is -0.440. The van der Waals surface area contributed by atoms with Gasteiger partial charge in [-0.25, -0.2) is 14.4 Å². The second-order valence-electron chi connectivity index (χ2n) is 9.82. The van der Waals surface area contributed by atoms with Gasteiger partial charge < -0.3 is 4.57 Å². The van der Waals surface area contributed by atoms with Crippen molar-refractivity contribution < 1.29 is 21.8 Å². The van der Waals surface area contributed by atoms with Crippen LogP contribution >= 0.6 is 34.5 Å². The molecule has 0 bridgehead atoms. The summed E-state index contributed by atoms with van der Waals surface area (Å²) in [6, 6.07) is 8.10. The number of carbonyl (C=O) groups is 1. The maximum Gasteiger partial charge on any atom is 0.264 e. The van der Waals surface area contributed by atoms with Crippen molar-refractivity contribution in [1.29, 1.82) is 0 Å².